The first-order valence-corrected chi connectivity index (χ1v) is 4.83. The van der Waals surface area contributed by atoms with Crippen LogP contribution in [0.5, 0.6) is 0 Å². The fraction of sp³-hybridized carbons (Fsp3) is 0.909. The summed E-state index contributed by atoms with van der Waals surface area (Å²) >= 11 is 0. The van der Waals surface area contributed by atoms with Crippen LogP contribution >= 0.6 is 0 Å². The lowest BCUT2D eigenvalue weighted by Crippen LogP contribution is -2.31. The first kappa shape index (κ1) is 11.7. The van der Waals surface area contributed by atoms with E-state index in [-0.39, 0.29) is 0 Å². The van der Waals surface area contributed by atoms with Gasteiger partial charge in [0.15, 0.2) is 0 Å². The van der Waals surface area contributed by atoms with E-state index in [0.717, 1.165) is 11.8 Å². The van der Waals surface area contributed by atoms with Crippen LogP contribution in [0.2, 0.25) is 0 Å². The molecule has 1 heteroatoms. The largest absolute Gasteiger partial charge is 0.307 e. The van der Waals surface area contributed by atoms with Crippen molar-refractivity contribution in [3.63, 3.8) is 0 Å². The molecule has 1 nitrogen and oxygen atoms in total. The summed E-state index contributed by atoms with van der Waals surface area (Å²) in [7, 11) is 0. The van der Waals surface area contributed by atoms with Crippen LogP contribution in [0, 0.1) is 17.3 Å². The summed E-state index contributed by atoms with van der Waals surface area (Å²) in [6, 6.07) is 0. The first-order chi connectivity index (χ1) is 5.54. The van der Waals surface area contributed by atoms with Gasteiger partial charge in [0.2, 0.25) is 0 Å². The minimum absolute atomic E-state index is 0.609. The Kier molecular flexibility index (Phi) is 4.51. The Morgan fingerprint density at radius 1 is 1.25 bits per heavy atom. The van der Waals surface area contributed by atoms with E-state index in [1.54, 1.807) is 0 Å². The van der Waals surface area contributed by atoms with Gasteiger partial charge in [0.25, 0.3) is 0 Å². The summed E-state index contributed by atoms with van der Waals surface area (Å²) < 4.78 is 0. The molecule has 0 aromatic carbocycles. The van der Waals surface area contributed by atoms with Gasteiger partial charge in [0, 0.05) is 0 Å². The summed E-state index contributed by atoms with van der Waals surface area (Å²) in [4.78, 5) is 8.00. The van der Waals surface area contributed by atoms with Gasteiger partial charge in [-0.15, -0.1) is 0 Å². The Morgan fingerprint density at radius 2 is 1.75 bits per heavy atom. The van der Waals surface area contributed by atoms with Gasteiger partial charge in [0.05, 0.1) is 0 Å². The zero-order valence-electron chi connectivity index (χ0n) is 8.89. The maximum atomic E-state index is 8.00. The number of hydrogen-bond donors (Lipinski definition) is 0. The predicted octanol–water partition coefficient (Wildman–Crippen LogP) is 3.28. The van der Waals surface area contributed by atoms with Crippen molar-refractivity contribution in [3.05, 3.63) is 0 Å². The van der Waals surface area contributed by atoms with Crippen LogP contribution in [0.3, 0.4) is 0 Å². The maximum Gasteiger partial charge on any atom is 0.106 e. The molecule has 12 heavy (non-hydrogen) atoms. The molecule has 72 valence electrons. The minimum Gasteiger partial charge on any atom is -0.307 e. The van der Waals surface area contributed by atoms with Gasteiger partial charge >= 0.3 is 0 Å². The summed E-state index contributed by atoms with van der Waals surface area (Å²) in [5, 5.41) is 0. The van der Waals surface area contributed by atoms with E-state index in [0.29, 0.717) is 5.41 Å². The maximum absolute atomic E-state index is 8.00. The highest BCUT2D eigenvalue weighted by molar-refractivity contribution is 5.10. The summed E-state index contributed by atoms with van der Waals surface area (Å²) in [5.74, 6) is 1.87. The molecule has 0 saturated heterocycles. The average Bonchev–Trinajstić information content (AvgIpc) is 2.04. The quantitative estimate of drug-likeness (QED) is 0.545. The van der Waals surface area contributed by atoms with E-state index < -0.39 is 0 Å². The average molecular weight is 170 g/mol. The smallest absolute Gasteiger partial charge is 0.106 e. The van der Waals surface area contributed by atoms with Crippen molar-refractivity contribution in [2.45, 2.75) is 47.0 Å². The van der Waals surface area contributed by atoms with Crippen molar-refractivity contribution >= 4 is 6.79 Å². The molecular formula is C11H22O. The highest BCUT2D eigenvalue weighted by Crippen LogP contribution is 2.43. The molecule has 1 aliphatic rings. The van der Waals surface area contributed by atoms with Crippen LogP contribution < -0.4 is 0 Å². The molecule has 0 aliphatic heterocycles. The van der Waals surface area contributed by atoms with E-state index in [9.17, 15) is 0 Å². The molecule has 2 unspecified atom stereocenters. The van der Waals surface area contributed by atoms with Crippen molar-refractivity contribution in [3.8, 4) is 0 Å². The second-order valence-electron chi connectivity index (χ2n) is 4.65. The highest BCUT2D eigenvalue weighted by atomic mass is 16.1. The van der Waals surface area contributed by atoms with Crippen LogP contribution in [0.25, 0.3) is 0 Å². The number of hydrogen-bond acceptors (Lipinski definition) is 1. The highest BCUT2D eigenvalue weighted by Gasteiger charge is 2.32. The van der Waals surface area contributed by atoms with Crippen molar-refractivity contribution in [1.82, 2.24) is 0 Å². The Hall–Kier alpha value is -0.330. The lowest BCUT2D eigenvalue weighted by molar-refractivity contribution is -0.0979. The van der Waals surface area contributed by atoms with Gasteiger partial charge in [-0.05, 0) is 23.7 Å². The molecule has 0 heterocycles. The van der Waals surface area contributed by atoms with E-state index in [1.165, 1.54) is 19.3 Å². The fourth-order valence-corrected chi connectivity index (χ4v) is 2.13. The molecule has 0 amide bonds. The van der Waals surface area contributed by atoms with Crippen LogP contribution in [0.4, 0.5) is 0 Å². The monoisotopic (exact) mass is 170 g/mol. The van der Waals surface area contributed by atoms with Gasteiger partial charge in [-0.25, -0.2) is 0 Å². The Balaban J connectivity index is 0.000000561. The standard InChI is InChI=1S/C10H20.CH2O/c1-8-6-5-7-10(3,4)9(8)2;1-2/h8-9H,5-7H2,1-4H3;1H2. The van der Waals surface area contributed by atoms with Gasteiger partial charge in [-0.2, -0.15) is 0 Å². The Labute approximate surface area is 76.6 Å². The zero-order chi connectivity index (χ0) is 9.78. The molecule has 0 bridgehead atoms. The van der Waals surface area contributed by atoms with Crippen LogP contribution in [-0.2, 0) is 4.79 Å². The molecule has 0 spiro atoms. The Morgan fingerprint density at radius 3 is 2.08 bits per heavy atom. The van der Waals surface area contributed by atoms with Crippen molar-refractivity contribution < 1.29 is 4.79 Å². The summed E-state index contributed by atoms with van der Waals surface area (Å²) in [5.41, 5.74) is 0.609. The van der Waals surface area contributed by atoms with E-state index >= 15 is 0 Å². The SMILES string of the molecule is C=O.CC1CCCC(C)(C)C1C. The molecular weight excluding hydrogens is 148 g/mol. The number of carbonyl (C=O) groups excluding carboxylic acids is 1. The number of rotatable bonds is 0. The molecule has 1 rings (SSSR count). The minimum atomic E-state index is 0.609. The summed E-state index contributed by atoms with van der Waals surface area (Å²) in [6.45, 7) is 11.6. The molecule has 2 atom stereocenters. The molecule has 0 aromatic rings. The number of carbonyl (C=O) groups is 1. The molecule has 0 aromatic heterocycles. The molecule has 0 N–H and O–H groups in total. The third-order valence-corrected chi connectivity index (χ3v) is 3.57. The van der Waals surface area contributed by atoms with Crippen LogP contribution in [0.1, 0.15) is 47.0 Å². The van der Waals surface area contributed by atoms with Gasteiger partial charge in [-0.1, -0.05) is 40.5 Å². The molecule has 1 fully saturated rings. The van der Waals surface area contributed by atoms with Gasteiger partial charge < -0.3 is 4.79 Å². The van der Waals surface area contributed by atoms with Gasteiger partial charge in [0.1, 0.15) is 6.79 Å². The third kappa shape index (κ3) is 2.62. The lowest BCUT2D eigenvalue weighted by atomic mass is 9.65. The van der Waals surface area contributed by atoms with Gasteiger partial charge in [-0.3, -0.25) is 0 Å². The zero-order valence-corrected chi connectivity index (χ0v) is 8.89. The van der Waals surface area contributed by atoms with Crippen molar-refractivity contribution in [1.29, 1.82) is 0 Å². The second-order valence-corrected chi connectivity index (χ2v) is 4.65. The summed E-state index contributed by atoms with van der Waals surface area (Å²) in [6.07, 6.45) is 4.32. The van der Waals surface area contributed by atoms with E-state index in [4.69, 9.17) is 4.79 Å². The van der Waals surface area contributed by atoms with E-state index in [2.05, 4.69) is 27.7 Å². The van der Waals surface area contributed by atoms with Crippen LogP contribution in [-0.4, -0.2) is 6.79 Å². The topological polar surface area (TPSA) is 17.1 Å². The van der Waals surface area contributed by atoms with E-state index in [1.807, 2.05) is 6.79 Å². The molecule has 0 radical (unpaired) electrons. The fourth-order valence-electron chi connectivity index (χ4n) is 2.13. The van der Waals surface area contributed by atoms with Crippen molar-refractivity contribution in [2.24, 2.45) is 17.3 Å². The normalized spacial score (nSPS) is 33.3. The van der Waals surface area contributed by atoms with Crippen LogP contribution in [0.15, 0.2) is 0 Å². The Bertz CT molecular complexity index is 129. The lowest BCUT2D eigenvalue weighted by Gasteiger charge is -2.40. The first-order valence-electron chi connectivity index (χ1n) is 4.83. The third-order valence-electron chi connectivity index (χ3n) is 3.57. The van der Waals surface area contributed by atoms with Crippen molar-refractivity contribution in [2.75, 3.05) is 0 Å². The molecule has 1 aliphatic carbocycles. The predicted molar refractivity (Wildman–Crippen MR) is 53.1 cm³/mol. The molecule has 1 saturated carbocycles. The second kappa shape index (κ2) is 4.64.